The Kier molecular flexibility index (Phi) is 8.98. The lowest BCUT2D eigenvalue weighted by atomic mass is 9.79. The van der Waals surface area contributed by atoms with E-state index in [0.717, 1.165) is 16.6 Å². The number of carbonyl (C=O) groups excluding carboxylic acids is 1. The number of benzene rings is 2. The average Bonchev–Trinajstić information content (AvgIpc) is 2.86. The number of pyridine rings is 1. The number of hydrogen-bond donors (Lipinski definition) is 1. The highest BCUT2D eigenvalue weighted by molar-refractivity contribution is 6.47. The van der Waals surface area contributed by atoms with Gasteiger partial charge in [0.15, 0.2) is 6.29 Å². The standard InChI is InChI=1S/C28H30BClN2O5/c1-18-21(7-6-8-23(18)29-37-28(4,5)27(2,3)34)17-36-26-11-25(22(15-33)10-24(26)30)35-16-20-9-19(12-31)13-32-14-20/h6-11,13-15,29,34H,16-17H2,1-5H3. The molecule has 37 heavy (non-hydrogen) atoms. The van der Waals surface area contributed by atoms with Gasteiger partial charge in [0.1, 0.15) is 30.8 Å². The second-order valence-corrected chi connectivity index (χ2v) is 10.2. The molecule has 0 aliphatic carbocycles. The molecule has 0 aliphatic rings. The van der Waals surface area contributed by atoms with Crippen LogP contribution in [0.1, 0.15) is 60.3 Å². The fourth-order valence-corrected chi connectivity index (χ4v) is 3.53. The molecule has 2 aromatic carbocycles. The highest BCUT2D eigenvalue weighted by atomic mass is 35.5. The van der Waals surface area contributed by atoms with Crippen LogP contribution in [0.25, 0.3) is 0 Å². The zero-order chi connectivity index (χ0) is 27.2. The van der Waals surface area contributed by atoms with Crippen molar-refractivity contribution in [3.05, 3.63) is 81.6 Å². The molecular formula is C28H30BClN2O5. The second-order valence-electron chi connectivity index (χ2n) is 9.77. The number of halogens is 1. The van der Waals surface area contributed by atoms with E-state index in [1.165, 1.54) is 12.3 Å². The SMILES string of the molecule is Cc1c(BOC(C)(C)C(C)(C)O)cccc1COc1cc(OCc2cncc(C#N)c2)c(C=O)cc1Cl. The van der Waals surface area contributed by atoms with Crippen molar-refractivity contribution in [1.29, 1.82) is 5.26 Å². The maximum absolute atomic E-state index is 11.6. The minimum Gasteiger partial charge on any atom is -0.488 e. The summed E-state index contributed by atoms with van der Waals surface area (Å²) < 4.78 is 17.9. The Labute approximate surface area is 223 Å². The third kappa shape index (κ3) is 7.10. The van der Waals surface area contributed by atoms with Gasteiger partial charge in [-0.15, -0.1) is 0 Å². The molecule has 7 nitrogen and oxygen atoms in total. The third-order valence-electron chi connectivity index (χ3n) is 6.51. The third-order valence-corrected chi connectivity index (χ3v) is 6.81. The molecular weight excluding hydrogens is 491 g/mol. The molecule has 0 bridgehead atoms. The smallest absolute Gasteiger partial charge is 0.309 e. The van der Waals surface area contributed by atoms with Gasteiger partial charge in [-0.3, -0.25) is 9.78 Å². The lowest BCUT2D eigenvalue weighted by Gasteiger charge is -2.37. The van der Waals surface area contributed by atoms with Crippen LogP contribution in [-0.4, -0.2) is 35.1 Å². The summed E-state index contributed by atoms with van der Waals surface area (Å²) in [5.41, 5.74) is 2.60. The number of aromatic nitrogens is 1. The number of hydrogen-bond acceptors (Lipinski definition) is 7. The van der Waals surface area contributed by atoms with Gasteiger partial charge in [-0.05, 0) is 63.3 Å². The van der Waals surface area contributed by atoms with Gasteiger partial charge >= 0.3 is 7.48 Å². The summed E-state index contributed by atoms with van der Waals surface area (Å²) in [6.45, 7) is 9.51. The lowest BCUT2D eigenvalue weighted by molar-refractivity contribution is -0.0893. The molecule has 0 saturated heterocycles. The van der Waals surface area contributed by atoms with E-state index in [4.69, 9.17) is 31.0 Å². The Bertz CT molecular complexity index is 1310. The fraction of sp³-hybridized carbons (Fsp3) is 0.321. The molecule has 0 amide bonds. The van der Waals surface area contributed by atoms with Crippen LogP contribution in [-0.2, 0) is 17.9 Å². The van der Waals surface area contributed by atoms with Crippen LogP contribution >= 0.6 is 11.6 Å². The van der Waals surface area contributed by atoms with Crippen molar-refractivity contribution in [2.24, 2.45) is 0 Å². The number of ether oxygens (including phenoxy) is 2. The maximum Gasteiger partial charge on any atom is 0.309 e. The molecule has 3 aromatic rings. The van der Waals surface area contributed by atoms with E-state index in [0.29, 0.717) is 36.4 Å². The molecule has 0 saturated carbocycles. The predicted molar refractivity (Wildman–Crippen MR) is 144 cm³/mol. The molecule has 3 rings (SSSR count). The minimum absolute atomic E-state index is 0.118. The monoisotopic (exact) mass is 520 g/mol. The summed E-state index contributed by atoms with van der Waals surface area (Å²) in [7, 11) is 0.339. The van der Waals surface area contributed by atoms with Crippen molar-refractivity contribution in [1.82, 2.24) is 4.98 Å². The highest BCUT2D eigenvalue weighted by Crippen LogP contribution is 2.33. The molecule has 0 aliphatic heterocycles. The maximum atomic E-state index is 11.6. The summed E-state index contributed by atoms with van der Waals surface area (Å²) in [5, 5.41) is 19.7. The molecule has 9 heteroatoms. The zero-order valence-corrected chi connectivity index (χ0v) is 22.4. The van der Waals surface area contributed by atoms with Crippen molar-refractivity contribution >= 4 is 30.8 Å². The average molecular weight is 521 g/mol. The van der Waals surface area contributed by atoms with E-state index in [1.54, 1.807) is 32.2 Å². The van der Waals surface area contributed by atoms with Gasteiger partial charge in [0.05, 0.1) is 27.4 Å². The zero-order valence-electron chi connectivity index (χ0n) is 21.7. The largest absolute Gasteiger partial charge is 0.488 e. The molecule has 1 N–H and O–H groups in total. The van der Waals surface area contributed by atoms with E-state index in [1.807, 2.05) is 45.0 Å². The van der Waals surface area contributed by atoms with Crippen molar-refractivity contribution in [3.8, 4) is 17.6 Å². The van der Waals surface area contributed by atoms with Gasteiger partial charge in [0.25, 0.3) is 0 Å². The number of nitrogens with zero attached hydrogens (tertiary/aromatic N) is 2. The van der Waals surface area contributed by atoms with E-state index >= 15 is 0 Å². The predicted octanol–water partition coefficient (Wildman–Crippen LogP) is 4.43. The van der Waals surface area contributed by atoms with Gasteiger partial charge in [0.2, 0.25) is 0 Å². The van der Waals surface area contributed by atoms with Crippen molar-refractivity contribution in [2.45, 2.75) is 59.0 Å². The first-order valence-electron chi connectivity index (χ1n) is 11.8. The lowest BCUT2D eigenvalue weighted by Crippen LogP contribution is -2.49. The Morgan fingerprint density at radius 3 is 2.51 bits per heavy atom. The first kappa shape index (κ1) is 28.2. The molecule has 192 valence electrons. The van der Waals surface area contributed by atoms with Crippen LogP contribution in [0.4, 0.5) is 0 Å². The number of aldehydes is 1. The topological polar surface area (TPSA) is 102 Å². The summed E-state index contributed by atoms with van der Waals surface area (Å²) >= 11 is 6.39. The fourth-order valence-electron chi connectivity index (χ4n) is 3.31. The van der Waals surface area contributed by atoms with Crippen LogP contribution < -0.4 is 14.9 Å². The Morgan fingerprint density at radius 2 is 1.84 bits per heavy atom. The molecule has 0 spiro atoms. The molecule has 0 radical (unpaired) electrons. The van der Waals surface area contributed by atoms with Crippen LogP contribution in [0, 0.1) is 18.3 Å². The van der Waals surface area contributed by atoms with E-state index in [2.05, 4.69) is 4.98 Å². The molecule has 1 aromatic heterocycles. The highest BCUT2D eigenvalue weighted by Gasteiger charge is 2.35. The Hall–Kier alpha value is -3.38. The Morgan fingerprint density at radius 1 is 1.11 bits per heavy atom. The molecule has 0 atom stereocenters. The van der Waals surface area contributed by atoms with Gasteiger partial charge < -0.3 is 19.2 Å². The summed E-state index contributed by atoms with van der Waals surface area (Å²) in [4.78, 5) is 15.6. The number of nitriles is 1. The number of aliphatic hydroxyl groups is 1. The van der Waals surface area contributed by atoms with Gasteiger partial charge in [0, 0.05) is 24.0 Å². The van der Waals surface area contributed by atoms with Crippen LogP contribution in [0.5, 0.6) is 11.5 Å². The van der Waals surface area contributed by atoms with E-state index < -0.39 is 11.2 Å². The van der Waals surface area contributed by atoms with E-state index in [-0.39, 0.29) is 23.8 Å². The quantitative estimate of drug-likeness (QED) is 0.295. The van der Waals surface area contributed by atoms with Crippen LogP contribution in [0.15, 0.2) is 48.8 Å². The van der Waals surface area contributed by atoms with Crippen molar-refractivity contribution in [3.63, 3.8) is 0 Å². The first-order chi connectivity index (χ1) is 17.4. The second kappa shape index (κ2) is 11.8. The summed E-state index contributed by atoms with van der Waals surface area (Å²) in [6.07, 6.45) is 3.72. The minimum atomic E-state index is -0.999. The van der Waals surface area contributed by atoms with Gasteiger partial charge in [-0.2, -0.15) is 5.26 Å². The first-order valence-corrected chi connectivity index (χ1v) is 12.1. The van der Waals surface area contributed by atoms with Crippen LogP contribution in [0.3, 0.4) is 0 Å². The summed E-state index contributed by atoms with van der Waals surface area (Å²) in [6, 6.07) is 12.7. The number of carbonyl (C=O) groups is 1. The molecule has 0 unspecified atom stereocenters. The van der Waals surface area contributed by atoms with Crippen molar-refractivity contribution < 1.29 is 24.0 Å². The number of rotatable bonds is 11. The van der Waals surface area contributed by atoms with Gasteiger partial charge in [-0.25, -0.2) is 0 Å². The molecule has 1 heterocycles. The van der Waals surface area contributed by atoms with Crippen molar-refractivity contribution in [2.75, 3.05) is 0 Å². The normalized spacial score (nSPS) is 11.5. The van der Waals surface area contributed by atoms with E-state index in [9.17, 15) is 9.90 Å². The molecule has 0 fully saturated rings. The summed E-state index contributed by atoms with van der Waals surface area (Å²) in [5.74, 6) is 0.680. The Balaban J connectivity index is 1.74. The van der Waals surface area contributed by atoms with Gasteiger partial charge in [-0.1, -0.05) is 29.8 Å². The van der Waals surface area contributed by atoms with Crippen LogP contribution in [0.2, 0.25) is 5.02 Å².